The second kappa shape index (κ2) is 12.5. The second-order valence-corrected chi connectivity index (χ2v) is 12.7. The van der Waals surface area contributed by atoms with Gasteiger partial charge in [-0.3, -0.25) is 9.69 Å². The summed E-state index contributed by atoms with van der Waals surface area (Å²) >= 11 is 0. The third kappa shape index (κ3) is 7.08. The molecule has 1 fully saturated rings. The lowest BCUT2D eigenvalue weighted by Gasteiger charge is -2.31. The normalized spacial score (nSPS) is 19.0. The molecule has 0 radical (unpaired) electrons. The van der Waals surface area contributed by atoms with Crippen LogP contribution >= 0.6 is 0 Å². The Morgan fingerprint density at radius 3 is 2.42 bits per heavy atom. The van der Waals surface area contributed by atoms with Crippen molar-refractivity contribution in [2.75, 3.05) is 31.3 Å². The largest absolute Gasteiger partial charge is 0.489 e. The molecule has 2 heterocycles. The maximum absolute atomic E-state index is 13.2. The highest BCUT2D eigenvalue weighted by Gasteiger charge is 2.30. The van der Waals surface area contributed by atoms with Crippen LogP contribution in [0.15, 0.2) is 71.6 Å². The summed E-state index contributed by atoms with van der Waals surface area (Å²) in [6.07, 6.45) is 2.60. The van der Waals surface area contributed by atoms with Crippen molar-refractivity contribution in [1.82, 2.24) is 4.90 Å². The molecule has 0 aliphatic carbocycles. The van der Waals surface area contributed by atoms with E-state index in [4.69, 9.17) is 9.47 Å². The van der Waals surface area contributed by atoms with Crippen LogP contribution in [-0.2, 0) is 38.9 Å². The lowest BCUT2D eigenvalue weighted by Crippen LogP contribution is -2.36. The van der Waals surface area contributed by atoms with Gasteiger partial charge in [0, 0.05) is 37.4 Å². The number of benzene rings is 3. The topological polar surface area (TPSA) is 84.9 Å². The molecule has 212 valence electrons. The van der Waals surface area contributed by atoms with Gasteiger partial charge in [-0.2, -0.15) is 0 Å². The number of sulfone groups is 1. The summed E-state index contributed by atoms with van der Waals surface area (Å²) in [5.74, 6) is -0.612. The van der Waals surface area contributed by atoms with Crippen molar-refractivity contribution in [3.63, 3.8) is 0 Å². The number of hydrogen-bond donors (Lipinski definition) is 1. The number of carbonyl (C=O) groups is 1. The second-order valence-electron chi connectivity index (χ2n) is 10.6. The Hall–Kier alpha value is -3.27. The molecule has 1 N–H and O–H groups in total. The van der Waals surface area contributed by atoms with Crippen molar-refractivity contribution in [3.8, 4) is 5.75 Å². The maximum Gasteiger partial charge on any atom is 0.227 e. The van der Waals surface area contributed by atoms with E-state index in [1.54, 1.807) is 30.3 Å². The third-order valence-corrected chi connectivity index (χ3v) is 9.57. The highest BCUT2D eigenvalue weighted by molar-refractivity contribution is 7.91. The Morgan fingerprint density at radius 1 is 1.00 bits per heavy atom. The summed E-state index contributed by atoms with van der Waals surface area (Å²) in [5.41, 5.74) is 3.21. The smallest absolute Gasteiger partial charge is 0.227 e. The summed E-state index contributed by atoms with van der Waals surface area (Å²) < 4.78 is 50.4. The summed E-state index contributed by atoms with van der Waals surface area (Å²) in [4.78, 5) is 15.8. The summed E-state index contributed by atoms with van der Waals surface area (Å²) in [7, 11) is -1.39. The van der Waals surface area contributed by atoms with Crippen molar-refractivity contribution >= 4 is 21.4 Å². The molecular weight excluding hydrogens is 531 g/mol. The maximum atomic E-state index is 13.2. The zero-order chi connectivity index (χ0) is 28.1. The van der Waals surface area contributed by atoms with Gasteiger partial charge < -0.3 is 14.8 Å². The van der Waals surface area contributed by atoms with Gasteiger partial charge in [0.15, 0.2) is 9.84 Å². The van der Waals surface area contributed by atoms with E-state index in [-0.39, 0.29) is 35.4 Å². The molecule has 0 saturated carbocycles. The van der Waals surface area contributed by atoms with Crippen molar-refractivity contribution in [2.45, 2.75) is 49.8 Å². The van der Waals surface area contributed by atoms with Gasteiger partial charge in [0.05, 0.1) is 10.6 Å². The molecule has 0 bridgehead atoms. The monoisotopic (exact) mass is 566 g/mol. The minimum atomic E-state index is -3.52. The standard InChI is InChI=1S/C31H35FN2O5S/c1-34(28-12-15-38-16-13-28)20-22-4-8-27(9-5-22)33-31(35)24-14-17-40(36,37)30-11-10-29(19-25(30)18-24)39-21-23-2-6-26(32)7-3-23/h2-11,19,24,28H,12-18,20-21H2,1H3,(H,33,35). The van der Waals surface area contributed by atoms with Crippen molar-refractivity contribution in [1.29, 1.82) is 0 Å². The Kier molecular flexibility index (Phi) is 8.83. The van der Waals surface area contributed by atoms with Crippen LogP contribution in [0.3, 0.4) is 0 Å². The molecule has 9 heteroatoms. The van der Waals surface area contributed by atoms with Gasteiger partial charge in [-0.1, -0.05) is 24.3 Å². The van der Waals surface area contributed by atoms with Gasteiger partial charge in [-0.05, 0) is 91.9 Å². The van der Waals surface area contributed by atoms with Crippen LogP contribution in [0.5, 0.6) is 5.75 Å². The van der Waals surface area contributed by atoms with Crippen LogP contribution in [0.4, 0.5) is 10.1 Å². The van der Waals surface area contributed by atoms with Gasteiger partial charge in [-0.25, -0.2) is 12.8 Å². The fourth-order valence-electron chi connectivity index (χ4n) is 5.34. The molecular formula is C31H35FN2O5S. The molecule has 3 aromatic carbocycles. The highest BCUT2D eigenvalue weighted by atomic mass is 32.2. The average molecular weight is 567 g/mol. The Morgan fingerprint density at radius 2 is 1.70 bits per heavy atom. The van der Waals surface area contributed by atoms with E-state index in [2.05, 4.69) is 17.3 Å². The van der Waals surface area contributed by atoms with Crippen LogP contribution < -0.4 is 10.1 Å². The molecule has 1 atom stereocenters. The minimum absolute atomic E-state index is 0.0919. The van der Waals surface area contributed by atoms with Gasteiger partial charge in [0.2, 0.25) is 5.91 Å². The SMILES string of the molecule is CN(Cc1ccc(NC(=O)C2CCS(=O)(=O)c3ccc(OCc4ccc(F)cc4)cc3C2)cc1)C1CCOCC1. The first-order valence-electron chi connectivity index (χ1n) is 13.7. The highest BCUT2D eigenvalue weighted by Crippen LogP contribution is 2.31. The lowest BCUT2D eigenvalue weighted by molar-refractivity contribution is -0.119. The van der Waals surface area contributed by atoms with Crippen molar-refractivity contribution in [3.05, 3.63) is 89.2 Å². The minimum Gasteiger partial charge on any atom is -0.489 e. The molecule has 2 aliphatic heterocycles. The lowest BCUT2D eigenvalue weighted by atomic mass is 9.95. The van der Waals surface area contributed by atoms with Crippen LogP contribution in [0.2, 0.25) is 0 Å². The zero-order valence-electron chi connectivity index (χ0n) is 22.6. The number of fused-ring (bicyclic) bond motifs is 1. The van der Waals surface area contributed by atoms with Gasteiger partial charge in [-0.15, -0.1) is 0 Å². The zero-order valence-corrected chi connectivity index (χ0v) is 23.5. The van der Waals surface area contributed by atoms with E-state index in [9.17, 15) is 17.6 Å². The first kappa shape index (κ1) is 28.3. The first-order valence-corrected chi connectivity index (χ1v) is 15.3. The van der Waals surface area contributed by atoms with Crippen LogP contribution in [0, 0.1) is 11.7 Å². The van der Waals surface area contributed by atoms with Crippen molar-refractivity contribution < 1.29 is 27.1 Å². The number of ether oxygens (including phenoxy) is 2. The predicted octanol–water partition coefficient (Wildman–Crippen LogP) is 4.99. The summed E-state index contributed by atoms with van der Waals surface area (Å²) in [6, 6.07) is 19.2. The van der Waals surface area contributed by atoms with Crippen LogP contribution in [0.1, 0.15) is 36.0 Å². The fourth-order valence-corrected chi connectivity index (χ4v) is 6.97. The number of rotatable bonds is 8. The first-order chi connectivity index (χ1) is 19.3. The molecule has 1 unspecified atom stereocenters. The number of halogens is 1. The van der Waals surface area contributed by atoms with E-state index in [0.717, 1.165) is 43.7 Å². The van der Waals surface area contributed by atoms with Gasteiger partial charge >= 0.3 is 0 Å². The third-order valence-electron chi connectivity index (χ3n) is 7.73. The number of amides is 1. The number of nitrogens with zero attached hydrogens (tertiary/aromatic N) is 1. The molecule has 7 nitrogen and oxygen atoms in total. The molecule has 1 amide bonds. The molecule has 5 rings (SSSR count). The molecule has 1 saturated heterocycles. The van der Waals surface area contributed by atoms with E-state index < -0.39 is 15.8 Å². The van der Waals surface area contributed by atoms with E-state index in [1.807, 2.05) is 24.3 Å². The molecule has 3 aromatic rings. The fraction of sp³-hybridized carbons (Fsp3) is 0.387. The van der Waals surface area contributed by atoms with Crippen molar-refractivity contribution in [2.24, 2.45) is 5.92 Å². The van der Waals surface area contributed by atoms with Crippen LogP contribution in [-0.4, -0.2) is 51.3 Å². The molecule has 0 aromatic heterocycles. The Bertz CT molecular complexity index is 1420. The van der Waals surface area contributed by atoms with E-state index >= 15 is 0 Å². The van der Waals surface area contributed by atoms with Gasteiger partial charge in [0.25, 0.3) is 0 Å². The summed E-state index contributed by atoms with van der Waals surface area (Å²) in [6.45, 7) is 2.65. The number of carbonyl (C=O) groups excluding carboxylic acids is 1. The molecule has 40 heavy (non-hydrogen) atoms. The van der Waals surface area contributed by atoms with E-state index in [0.29, 0.717) is 29.5 Å². The Balaban J connectivity index is 1.22. The van der Waals surface area contributed by atoms with Gasteiger partial charge in [0.1, 0.15) is 18.2 Å². The number of anilines is 1. The quantitative estimate of drug-likeness (QED) is 0.414. The predicted molar refractivity (Wildman–Crippen MR) is 151 cm³/mol. The summed E-state index contributed by atoms with van der Waals surface area (Å²) in [5, 5.41) is 2.98. The van der Waals surface area contributed by atoms with E-state index in [1.165, 1.54) is 12.1 Å². The average Bonchev–Trinajstić information content (AvgIpc) is 3.09. The van der Waals surface area contributed by atoms with Crippen LogP contribution in [0.25, 0.3) is 0 Å². The Labute approximate surface area is 235 Å². The molecule has 2 aliphatic rings. The number of nitrogens with one attached hydrogen (secondary N) is 1. The number of hydrogen-bond acceptors (Lipinski definition) is 6. The molecule has 0 spiro atoms.